The van der Waals surface area contributed by atoms with Crippen molar-refractivity contribution in [2.75, 3.05) is 13.1 Å². The average Bonchev–Trinajstić information content (AvgIpc) is 3.06. The molecule has 2 unspecified atom stereocenters. The third kappa shape index (κ3) is 3.18. The Hall–Kier alpha value is -0.870. The summed E-state index contributed by atoms with van der Waals surface area (Å²) in [7, 11) is 1.96. The van der Waals surface area contributed by atoms with Crippen molar-refractivity contribution < 1.29 is 0 Å². The van der Waals surface area contributed by atoms with E-state index in [1.54, 1.807) is 0 Å². The lowest BCUT2D eigenvalue weighted by molar-refractivity contribution is 0.0966. The first-order chi connectivity index (χ1) is 9.06. The van der Waals surface area contributed by atoms with E-state index in [0.717, 1.165) is 19.3 Å². The fourth-order valence-electron chi connectivity index (χ4n) is 3.18. The monoisotopic (exact) mass is 264 g/mol. The summed E-state index contributed by atoms with van der Waals surface area (Å²) in [5.74, 6) is 0. The third-order valence-corrected chi connectivity index (χ3v) is 4.85. The van der Waals surface area contributed by atoms with Crippen molar-refractivity contribution in [3.05, 3.63) is 18.0 Å². The van der Waals surface area contributed by atoms with Crippen molar-refractivity contribution in [3.63, 3.8) is 0 Å². The lowest BCUT2D eigenvalue weighted by Gasteiger charge is -2.43. The van der Waals surface area contributed by atoms with E-state index in [-0.39, 0.29) is 11.6 Å². The van der Waals surface area contributed by atoms with Crippen LogP contribution in [0.25, 0.3) is 0 Å². The van der Waals surface area contributed by atoms with Crippen molar-refractivity contribution in [1.82, 2.24) is 14.7 Å². The summed E-state index contributed by atoms with van der Waals surface area (Å²) in [5, 5.41) is 4.22. The van der Waals surface area contributed by atoms with Gasteiger partial charge in [-0.25, -0.2) is 0 Å². The van der Waals surface area contributed by atoms with Gasteiger partial charge >= 0.3 is 0 Å². The Morgan fingerprint density at radius 1 is 1.42 bits per heavy atom. The predicted octanol–water partition coefficient (Wildman–Crippen LogP) is 1.94. The van der Waals surface area contributed by atoms with E-state index in [9.17, 15) is 0 Å². The number of rotatable bonds is 6. The van der Waals surface area contributed by atoms with Gasteiger partial charge in [-0.1, -0.05) is 6.92 Å². The summed E-state index contributed by atoms with van der Waals surface area (Å²) < 4.78 is 1.86. The van der Waals surface area contributed by atoms with Gasteiger partial charge in [-0.3, -0.25) is 9.58 Å². The molecular formula is C15H28N4. The van der Waals surface area contributed by atoms with Gasteiger partial charge in [0.1, 0.15) is 0 Å². The molecular weight excluding hydrogens is 236 g/mol. The normalized spacial score (nSPS) is 21.5. The zero-order valence-electron chi connectivity index (χ0n) is 12.6. The van der Waals surface area contributed by atoms with Crippen LogP contribution in [0.5, 0.6) is 0 Å². The second-order valence-electron chi connectivity index (χ2n) is 6.07. The number of nitrogens with two attached hydrogens (primary N) is 1. The molecule has 2 N–H and O–H groups in total. The van der Waals surface area contributed by atoms with Gasteiger partial charge in [0.15, 0.2) is 0 Å². The van der Waals surface area contributed by atoms with Gasteiger partial charge in [0.05, 0.1) is 6.20 Å². The highest BCUT2D eigenvalue weighted by atomic mass is 15.2. The number of nitrogens with zero attached hydrogens (tertiary/aromatic N) is 3. The number of likely N-dealkylation sites (tertiary alicyclic amines) is 1. The van der Waals surface area contributed by atoms with E-state index in [0.29, 0.717) is 0 Å². The molecule has 2 rings (SSSR count). The first-order valence-electron chi connectivity index (χ1n) is 7.54. The fourth-order valence-corrected chi connectivity index (χ4v) is 3.18. The molecule has 0 aliphatic carbocycles. The van der Waals surface area contributed by atoms with Crippen LogP contribution in [0, 0.1) is 0 Å². The van der Waals surface area contributed by atoms with Gasteiger partial charge in [0.2, 0.25) is 0 Å². The molecule has 1 fully saturated rings. The Kier molecular flexibility index (Phi) is 4.63. The Bertz CT molecular complexity index is 395. The standard InChI is InChI=1S/C15H28N4/c1-4-15(2,19-9-5-6-10-19)14(16)8-7-13-11-17-18(3)12-13/h11-12,14H,4-10,16H2,1-3H3. The van der Waals surface area contributed by atoms with Crippen molar-refractivity contribution >= 4 is 0 Å². The van der Waals surface area contributed by atoms with Gasteiger partial charge in [0, 0.05) is 24.8 Å². The van der Waals surface area contributed by atoms with Crippen LogP contribution in [0.1, 0.15) is 45.1 Å². The average molecular weight is 264 g/mol. The van der Waals surface area contributed by atoms with Gasteiger partial charge in [-0.05, 0) is 57.7 Å². The molecule has 0 spiro atoms. The summed E-state index contributed by atoms with van der Waals surface area (Å²) in [5.41, 5.74) is 7.97. The third-order valence-electron chi connectivity index (χ3n) is 4.85. The van der Waals surface area contributed by atoms with Crippen molar-refractivity contribution in [3.8, 4) is 0 Å². The van der Waals surface area contributed by atoms with Crippen LogP contribution in [0.15, 0.2) is 12.4 Å². The summed E-state index contributed by atoms with van der Waals surface area (Å²) in [6.45, 7) is 7.03. The minimum absolute atomic E-state index is 0.151. The molecule has 0 bridgehead atoms. The Morgan fingerprint density at radius 3 is 2.63 bits per heavy atom. The van der Waals surface area contributed by atoms with E-state index >= 15 is 0 Å². The minimum atomic E-state index is 0.151. The molecule has 0 saturated carbocycles. The van der Waals surface area contributed by atoms with Crippen molar-refractivity contribution in [1.29, 1.82) is 0 Å². The van der Waals surface area contributed by atoms with Crippen molar-refractivity contribution in [2.24, 2.45) is 12.8 Å². The number of aromatic nitrogens is 2. The quantitative estimate of drug-likeness (QED) is 0.854. The van der Waals surface area contributed by atoms with Crippen LogP contribution in [0.2, 0.25) is 0 Å². The highest BCUT2D eigenvalue weighted by molar-refractivity contribution is 5.06. The van der Waals surface area contributed by atoms with E-state index in [1.807, 2.05) is 17.9 Å². The van der Waals surface area contributed by atoms with Gasteiger partial charge < -0.3 is 5.73 Å². The maximum atomic E-state index is 6.53. The first kappa shape index (κ1) is 14.5. The zero-order valence-corrected chi connectivity index (χ0v) is 12.6. The predicted molar refractivity (Wildman–Crippen MR) is 79.0 cm³/mol. The zero-order chi connectivity index (χ0) is 13.9. The molecule has 2 atom stereocenters. The summed E-state index contributed by atoms with van der Waals surface area (Å²) in [4.78, 5) is 2.60. The molecule has 1 aromatic heterocycles. The van der Waals surface area contributed by atoms with E-state index in [4.69, 9.17) is 5.73 Å². The molecule has 108 valence electrons. The van der Waals surface area contributed by atoms with Crippen LogP contribution < -0.4 is 5.73 Å². The number of aryl methyl sites for hydroxylation is 2. The van der Waals surface area contributed by atoms with Crippen LogP contribution >= 0.6 is 0 Å². The SMILES string of the molecule is CCC(C)(C(N)CCc1cnn(C)c1)N1CCCC1. The van der Waals surface area contributed by atoms with Crippen LogP contribution in [-0.4, -0.2) is 39.4 Å². The molecule has 1 aliphatic rings. The molecule has 0 amide bonds. The Morgan fingerprint density at radius 2 is 2.11 bits per heavy atom. The van der Waals surface area contributed by atoms with Crippen LogP contribution in [0.4, 0.5) is 0 Å². The van der Waals surface area contributed by atoms with Gasteiger partial charge in [-0.15, -0.1) is 0 Å². The molecule has 4 nitrogen and oxygen atoms in total. The van der Waals surface area contributed by atoms with E-state index in [2.05, 4.69) is 30.0 Å². The summed E-state index contributed by atoms with van der Waals surface area (Å²) in [6, 6.07) is 0.232. The second-order valence-corrected chi connectivity index (χ2v) is 6.07. The lowest BCUT2D eigenvalue weighted by Crippen LogP contribution is -2.56. The molecule has 0 aromatic carbocycles. The van der Waals surface area contributed by atoms with E-state index < -0.39 is 0 Å². The van der Waals surface area contributed by atoms with E-state index in [1.165, 1.54) is 31.5 Å². The first-order valence-corrected chi connectivity index (χ1v) is 7.54. The molecule has 1 aromatic rings. The number of hydrogen-bond acceptors (Lipinski definition) is 3. The largest absolute Gasteiger partial charge is 0.326 e. The highest BCUT2D eigenvalue weighted by Gasteiger charge is 2.37. The maximum Gasteiger partial charge on any atom is 0.0521 e. The molecule has 1 saturated heterocycles. The lowest BCUT2D eigenvalue weighted by atomic mass is 9.85. The topological polar surface area (TPSA) is 47.1 Å². The molecule has 1 aliphatic heterocycles. The molecule has 19 heavy (non-hydrogen) atoms. The highest BCUT2D eigenvalue weighted by Crippen LogP contribution is 2.28. The molecule has 2 heterocycles. The number of hydrogen-bond donors (Lipinski definition) is 1. The van der Waals surface area contributed by atoms with Gasteiger partial charge in [0.25, 0.3) is 0 Å². The molecule has 0 radical (unpaired) electrons. The van der Waals surface area contributed by atoms with Gasteiger partial charge in [-0.2, -0.15) is 5.10 Å². The molecule has 4 heteroatoms. The van der Waals surface area contributed by atoms with Crippen LogP contribution in [-0.2, 0) is 13.5 Å². The van der Waals surface area contributed by atoms with Crippen LogP contribution in [0.3, 0.4) is 0 Å². The maximum absolute atomic E-state index is 6.53. The smallest absolute Gasteiger partial charge is 0.0521 e. The Labute approximate surface area is 117 Å². The minimum Gasteiger partial charge on any atom is -0.326 e. The summed E-state index contributed by atoms with van der Waals surface area (Å²) in [6.07, 6.45) is 9.87. The second kappa shape index (κ2) is 6.06. The van der Waals surface area contributed by atoms with Crippen molar-refractivity contribution in [2.45, 2.75) is 57.5 Å². The fraction of sp³-hybridized carbons (Fsp3) is 0.800. The summed E-state index contributed by atoms with van der Waals surface area (Å²) >= 11 is 0. The Balaban J connectivity index is 1.94.